The third-order valence-electron chi connectivity index (χ3n) is 3.20. The Bertz CT molecular complexity index is 462. The fraction of sp³-hybridized carbons (Fsp3) is 0.333. The van der Waals surface area contributed by atoms with Gasteiger partial charge in [0.05, 0.1) is 12.5 Å². The summed E-state index contributed by atoms with van der Waals surface area (Å²) in [5.74, 6) is 0. The lowest BCUT2D eigenvalue weighted by Gasteiger charge is -2.19. The smallest absolute Gasteiger partial charge is 0.0952 e. The summed E-state index contributed by atoms with van der Waals surface area (Å²) < 4.78 is 5.07. The van der Waals surface area contributed by atoms with Gasteiger partial charge in [-0.05, 0) is 30.2 Å². The Morgan fingerprint density at radius 2 is 1.94 bits per heavy atom. The topological polar surface area (TPSA) is 42.4 Å². The van der Waals surface area contributed by atoms with Gasteiger partial charge in [-0.1, -0.05) is 19.1 Å². The molecule has 0 saturated heterocycles. The van der Waals surface area contributed by atoms with Crippen molar-refractivity contribution in [2.45, 2.75) is 25.9 Å². The monoisotopic (exact) mass is 244 g/mol. The van der Waals surface area contributed by atoms with E-state index in [0.29, 0.717) is 0 Å². The van der Waals surface area contributed by atoms with Gasteiger partial charge in [-0.3, -0.25) is 0 Å². The van der Waals surface area contributed by atoms with E-state index in [0.717, 1.165) is 13.0 Å². The van der Waals surface area contributed by atoms with Crippen molar-refractivity contribution in [3.8, 4) is 0 Å². The van der Waals surface area contributed by atoms with Crippen molar-refractivity contribution in [1.82, 2.24) is 0 Å². The second-order valence-electron chi connectivity index (χ2n) is 4.59. The number of hydrogen-bond acceptors (Lipinski definition) is 3. The SMILES string of the molecule is CCC(N)c1ccc(N(C)Cc2ccoc2)cc1. The highest BCUT2D eigenvalue weighted by Crippen LogP contribution is 2.20. The molecular weight excluding hydrogens is 224 g/mol. The summed E-state index contributed by atoms with van der Waals surface area (Å²) in [5.41, 5.74) is 9.55. The average molecular weight is 244 g/mol. The fourth-order valence-corrected chi connectivity index (χ4v) is 1.96. The second kappa shape index (κ2) is 5.74. The summed E-state index contributed by atoms with van der Waals surface area (Å²) in [6.45, 7) is 2.94. The molecule has 2 rings (SSSR count). The molecule has 0 aliphatic heterocycles. The molecule has 0 spiro atoms. The largest absolute Gasteiger partial charge is 0.472 e. The predicted octanol–water partition coefficient (Wildman–Crippen LogP) is 3.33. The Morgan fingerprint density at radius 1 is 1.22 bits per heavy atom. The molecule has 0 saturated carbocycles. The van der Waals surface area contributed by atoms with Gasteiger partial charge >= 0.3 is 0 Å². The lowest BCUT2D eigenvalue weighted by molar-refractivity contribution is 0.563. The summed E-state index contributed by atoms with van der Waals surface area (Å²) in [5, 5.41) is 0. The Balaban J connectivity index is 2.04. The number of furan rings is 1. The Morgan fingerprint density at radius 3 is 2.50 bits per heavy atom. The van der Waals surface area contributed by atoms with Crippen LogP contribution in [-0.2, 0) is 6.54 Å². The molecule has 1 unspecified atom stereocenters. The average Bonchev–Trinajstić information content (AvgIpc) is 2.91. The van der Waals surface area contributed by atoms with Crippen LogP contribution in [0.1, 0.15) is 30.5 Å². The highest BCUT2D eigenvalue weighted by atomic mass is 16.3. The Hall–Kier alpha value is -1.74. The predicted molar refractivity (Wildman–Crippen MR) is 74.5 cm³/mol. The van der Waals surface area contributed by atoms with E-state index in [1.54, 1.807) is 12.5 Å². The standard InChI is InChI=1S/C15H20N2O/c1-3-15(16)13-4-6-14(7-5-13)17(2)10-12-8-9-18-11-12/h4-9,11,15H,3,10,16H2,1-2H3. The van der Waals surface area contributed by atoms with Crippen LogP contribution in [0.4, 0.5) is 5.69 Å². The molecule has 0 aliphatic carbocycles. The van der Waals surface area contributed by atoms with Crippen LogP contribution < -0.4 is 10.6 Å². The van der Waals surface area contributed by atoms with Gasteiger partial charge in [-0.2, -0.15) is 0 Å². The zero-order chi connectivity index (χ0) is 13.0. The Labute approximate surface area is 108 Å². The van der Waals surface area contributed by atoms with Crippen LogP contribution in [0, 0.1) is 0 Å². The fourth-order valence-electron chi connectivity index (χ4n) is 1.96. The number of nitrogens with zero attached hydrogens (tertiary/aromatic N) is 1. The molecule has 2 N–H and O–H groups in total. The summed E-state index contributed by atoms with van der Waals surface area (Å²) in [6, 6.07) is 10.6. The van der Waals surface area contributed by atoms with Gasteiger partial charge in [-0.15, -0.1) is 0 Å². The zero-order valence-corrected chi connectivity index (χ0v) is 11.0. The van der Waals surface area contributed by atoms with Crippen LogP contribution in [-0.4, -0.2) is 7.05 Å². The number of anilines is 1. The second-order valence-corrected chi connectivity index (χ2v) is 4.59. The quantitative estimate of drug-likeness (QED) is 0.877. The minimum Gasteiger partial charge on any atom is -0.472 e. The maximum Gasteiger partial charge on any atom is 0.0952 e. The van der Waals surface area contributed by atoms with Gasteiger partial charge in [0.15, 0.2) is 0 Å². The van der Waals surface area contributed by atoms with Crippen molar-refractivity contribution in [1.29, 1.82) is 0 Å². The minimum atomic E-state index is 0.137. The van der Waals surface area contributed by atoms with Crippen molar-refractivity contribution in [2.75, 3.05) is 11.9 Å². The molecule has 0 radical (unpaired) electrons. The first-order valence-electron chi connectivity index (χ1n) is 6.28. The molecule has 18 heavy (non-hydrogen) atoms. The zero-order valence-electron chi connectivity index (χ0n) is 11.0. The number of nitrogens with two attached hydrogens (primary N) is 1. The summed E-state index contributed by atoms with van der Waals surface area (Å²) >= 11 is 0. The number of hydrogen-bond donors (Lipinski definition) is 1. The highest BCUT2D eigenvalue weighted by Gasteiger charge is 2.06. The lowest BCUT2D eigenvalue weighted by Crippen LogP contribution is -2.16. The van der Waals surface area contributed by atoms with Crippen LogP contribution in [0.3, 0.4) is 0 Å². The van der Waals surface area contributed by atoms with Crippen molar-refractivity contribution < 1.29 is 4.42 Å². The minimum absolute atomic E-state index is 0.137. The van der Waals surface area contributed by atoms with E-state index < -0.39 is 0 Å². The molecule has 3 nitrogen and oxygen atoms in total. The molecule has 1 atom stereocenters. The number of benzene rings is 1. The van der Waals surface area contributed by atoms with E-state index in [2.05, 4.69) is 43.1 Å². The number of rotatable bonds is 5. The summed E-state index contributed by atoms with van der Waals surface area (Å²) in [4.78, 5) is 2.19. The van der Waals surface area contributed by atoms with Crippen LogP contribution in [0.2, 0.25) is 0 Å². The molecule has 2 aromatic rings. The van der Waals surface area contributed by atoms with Gasteiger partial charge in [0.1, 0.15) is 0 Å². The van der Waals surface area contributed by atoms with E-state index >= 15 is 0 Å². The molecule has 1 heterocycles. The molecule has 0 aliphatic rings. The molecule has 0 bridgehead atoms. The molecule has 0 amide bonds. The van der Waals surface area contributed by atoms with Gasteiger partial charge in [-0.25, -0.2) is 0 Å². The maximum atomic E-state index is 6.00. The van der Waals surface area contributed by atoms with E-state index in [-0.39, 0.29) is 6.04 Å². The molecule has 0 fully saturated rings. The van der Waals surface area contributed by atoms with Gasteiger partial charge < -0.3 is 15.1 Å². The van der Waals surface area contributed by atoms with Crippen LogP contribution in [0.25, 0.3) is 0 Å². The first kappa shape index (κ1) is 12.7. The van der Waals surface area contributed by atoms with Gasteiger partial charge in [0.2, 0.25) is 0 Å². The van der Waals surface area contributed by atoms with Crippen molar-refractivity contribution in [2.24, 2.45) is 5.73 Å². The lowest BCUT2D eigenvalue weighted by atomic mass is 10.1. The van der Waals surface area contributed by atoms with E-state index in [4.69, 9.17) is 10.2 Å². The molecule has 96 valence electrons. The van der Waals surface area contributed by atoms with Crippen molar-refractivity contribution in [3.63, 3.8) is 0 Å². The summed E-state index contributed by atoms with van der Waals surface area (Å²) in [6.07, 6.45) is 4.44. The summed E-state index contributed by atoms with van der Waals surface area (Å²) in [7, 11) is 2.07. The van der Waals surface area contributed by atoms with Gasteiger partial charge in [0, 0.05) is 30.9 Å². The van der Waals surface area contributed by atoms with Crippen LogP contribution >= 0.6 is 0 Å². The first-order valence-corrected chi connectivity index (χ1v) is 6.28. The highest BCUT2D eigenvalue weighted by molar-refractivity contribution is 5.47. The normalized spacial score (nSPS) is 12.4. The van der Waals surface area contributed by atoms with E-state index in [9.17, 15) is 0 Å². The molecule has 1 aromatic carbocycles. The Kier molecular flexibility index (Phi) is 4.05. The van der Waals surface area contributed by atoms with E-state index in [1.807, 2.05) is 6.07 Å². The molecule has 3 heteroatoms. The van der Waals surface area contributed by atoms with E-state index in [1.165, 1.54) is 16.8 Å². The molecule has 1 aromatic heterocycles. The van der Waals surface area contributed by atoms with Crippen molar-refractivity contribution in [3.05, 3.63) is 54.0 Å². The molecular formula is C15H20N2O. The third-order valence-corrected chi connectivity index (χ3v) is 3.20. The van der Waals surface area contributed by atoms with Gasteiger partial charge in [0.25, 0.3) is 0 Å². The maximum absolute atomic E-state index is 6.00. The van der Waals surface area contributed by atoms with Crippen LogP contribution in [0.15, 0.2) is 47.3 Å². The first-order chi connectivity index (χ1) is 8.70. The third kappa shape index (κ3) is 2.93. The van der Waals surface area contributed by atoms with Crippen LogP contribution in [0.5, 0.6) is 0 Å². The van der Waals surface area contributed by atoms with Crippen molar-refractivity contribution >= 4 is 5.69 Å².